The van der Waals surface area contributed by atoms with E-state index in [4.69, 9.17) is 5.73 Å². The summed E-state index contributed by atoms with van der Waals surface area (Å²) in [7, 11) is 0. The van der Waals surface area contributed by atoms with Crippen molar-refractivity contribution in [2.75, 3.05) is 11.5 Å². The van der Waals surface area contributed by atoms with Gasteiger partial charge in [0.1, 0.15) is 10.6 Å². The Bertz CT molecular complexity index is 937. The number of aryl methyl sites for hydroxylation is 1. The average Bonchev–Trinajstić information content (AvgIpc) is 2.98. The van der Waals surface area contributed by atoms with Gasteiger partial charge in [-0.3, -0.25) is 4.79 Å². The highest BCUT2D eigenvalue weighted by atomic mass is 32.2. The molecule has 4 nitrogen and oxygen atoms in total. The second kappa shape index (κ2) is 6.77. The maximum Gasteiger partial charge on any atom is 0.191 e. The molecule has 4 rings (SSSR count). The van der Waals surface area contributed by atoms with Gasteiger partial charge in [-0.15, -0.1) is 11.3 Å². The van der Waals surface area contributed by atoms with Crippen molar-refractivity contribution in [3.63, 3.8) is 0 Å². The van der Waals surface area contributed by atoms with Crippen molar-refractivity contribution in [3.8, 4) is 0 Å². The lowest BCUT2D eigenvalue weighted by molar-refractivity contribution is 0.102. The predicted octanol–water partition coefficient (Wildman–Crippen LogP) is 4.37. The monoisotopic (exact) mass is 369 g/mol. The first-order chi connectivity index (χ1) is 12.1. The molecule has 1 aliphatic rings. The first-order valence-electron chi connectivity index (χ1n) is 8.40. The number of carbonyl (C=O) groups excluding carboxylic acids is 1. The minimum Gasteiger partial charge on any atom is -0.383 e. The van der Waals surface area contributed by atoms with Crippen LogP contribution in [0.4, 0.5) is 5.82 Å². The van der Waals surface area contributed by atoms with Gasteiger partial charge in [-0.2, -0.15) is 0 Å². The molecular weight excluding hydrogens is 350 g/mol. The van der Waals surface area contributed by atoms with E-state index in [-0.39, 0.29) is 5.78 Å². The van der Waals surface area contributed by atoms with Crippen molar-refractivity contribution in [2.24, 2.45) is 5.92 Å². The number of nitrogen functional groups attached to an aromatic ring is 1. The number of nitrogens with two attached hydrogens (primary N) is 1. The second-order valence-corrected chi connectivity index (χ2v) is 8.53. The van der Waals surface area contributed by atoms with Crippen LogP contribution in [0, 0.1) is 5.92 Å². The Hall–Kier alpha value is -1.92. The predicted molar refractivity (Wildman–Crippen MR) is 105 cm³/mol. The van der Waals surface area contributed by atoms with Gasteiger partial charge in [0.25, 0.3) is 0 Å². The minimum absolute atomic E-state index is 0.0761. The summed E-state index contributed by atoms with van der Waals surface area (Å²) >= 11 is 3.09. The number of ketones is 1. The number of fused-ring (bicyclic) bond motifs is 3. The Kier molecular flexibility index (Phi) is 4.48. The molecule has 0 saturated heterocycles. The molecule has 1 aliphatic carbocycles. The summed E-state index contributed by atoms with van der Waals surface area (Å²) < 4.78 is 0. The van der Waals surface area contributed by atoms with Crippen LogP contribution in [0.3, 0.4) is 0 Å². The smallest absolute Gasteiger partial charge is 0.191 e. The lowest BCUT2D eigenvalue weighted by atomic mass is 9.89. The summed E-state index contributed by atoms with van der Waals surface area (Å²) in [6, 6.07) is 9.30. The van der Waals surface area contributed by atoms with E-state index >= 15 is 0 Å². The highest BCUT2D eigenvalue weighted by Gasteiger charge is 2.23. The number of benzene rings is 1. The first-order valence-corrected chi connectivity index (χ1v) is 10.2. The molecule has 0 unspecified atom stereocenters. The van der Waals surface area contributed by atoms with E-state index in [1.807, 2.05) is 30.3 Å². The van der Waals surface area contributed by atoms with Crippen LogP contribution in [-0.4, -0.2) is 21.5 Å². The van der Waals surface area contributed by atoms with Gasteiger partial charge in [-0.1, -0.05) is 49.0 Å². The number of thioether (sulfide) groups is 1. The Morgan fingerprint density at radius 1 is 1.32 bits per heavy atom. The fourth-order valence-corrected chi connectivity index (χ4v) is 5.29. The number of hydrogen-bond acceptors (Lipinski definition) is 6. The largest absolute Gasteiger partial charge is 0.383 e. The summed E-state index contributed by atoms with van der Waals surface area (Å²) in [5, 5.41) is 1.62. The average molecular weight is 370 g/mol. The van der Waals surface area contributed by atoms with Crippen molar-refractivity contribution >= 4 is 44.9 Å². The molecule has 0 aliphatic heterocycles. The number of rotatable bonds is 4. The molecule has 6 heteroatoms. The molecule has 0 spiro atoms. The topological polar surface area (TPSA) is 68.9 Å². The van der Waals surface area contributed by atoms with E-state index < -0.39 is 0 Å². The maximum atomic E-state index is 12.3. The van der Waals surface area contributed by atoms with Gasteiger partial charge in [-0.05, 0) is 30.7 Å². The number of anilines is 1. The third-order valence-electron chi connectivity index (χ3n) is 4.59. The zero-order chi connectivity index (χ0) is 17.4. The van der Waals surface area contributed by atoms with Gasteiger partial charge in [0.05, 0.1) is 11.1 Å². The highest BCUT2D eigenvalue weighted by molar-refractivity contribution is 7.99. The zero-order valence-electron chi connectivity index (χ0n) is 14.0. The van der Waals surface area contributed by atoms with E-state index in [9.17, 15) is 4.79 Å². The quantitative estimate of drug-likeness (QED) is 0.420. The number of Topliss-reactive ketones (excluding diaryl/α,β-unsaturated/α-hetero) is 1. The Balaban J connectivity index is 1.58. The Morgan fingerprint density at radius 3 is 2.92 bits per heavy atom. The van der Waals surface area contributed by atoms with Crippen LogP contribution < -0.4 is 5.73 Å². The van der Waals surface area contributed by atoms with Crippen LogP contribution in [0.15, 0.2) is 35.5 Å². The molecular formula is C19H19N3OS2. The molecule has 3 aromatic rings. The molecule has 1 aromatic carbocycles. The number of carbonyl (C=O) groups is 1. The molecule has 2 heterocycles. The van der Waals surface area contributed by atoms with E-state index in [2.05, 4.69) is 16.9 Å². The van der Waals surface area contributed by atoms with Crippen LogP contribution in [0.25, 0.3) is 10.2 Å². The highest BCUT2D eigenvalue weighted by Crippen LogP contribution is 2.39. The maximum absolute atomic E-state index is 12.3. The molecule has 128 valence electrons. The first kappa shape index (κ1) is 16.5. The van der Waals surface area contributed by atoms with Crippen LogP contribution in [0.1, 0.15) is 34.1 Å². The molecule has 0 radical (unpaired) electrons. The molecule has 0 fully saturated rings. The standard InChI is InChI=1S/C19H19N3OS2/c1-11-7-8-15-13(9-11)16-17(20)21-19(22-18(16)25-15)24-10-14(23)12-5-3-2-4-6-12/h2-6,11H,7-10H2,1H3,(H2,20,21,22)/t11-/m0/s1. The van der Waals surface area contributed by atoms with Crippen LogP contribution in [0.5, 0.6) is 0 Å². The summed E-state index contributed by atoms with van der Waals surface area (Å²) in [6.45, 7) is 2.28. The van der Waals surface area contributed by atoms with Crippen molar-refractivity contribution < 1.29 is 4.79 Å². The zero-order valence-corrected chi connectivity index (χ0v) is 15.6. The van der Waals surface area contributed by atoms with E-state index in [1.54, 1.807) is 11.3 Å². The van der Waals surface area contributed by atoms with Crippen molar-refractivity contribution in [3.05, 3.63) is 46.3 Å². The fourth-order valence-electron chi connectivity index (χ4n) is 3.26. The van der Waals surface area contributed by atoms with Gasteiger partial charge in [0.2, 0.25) is 0 Å². The molecule has 0 bridgehead atoms. The fraction of sp³-hybridized carbons (Fsp3) is 0.316. The third kappa shape index (κ3) is 3.28. The van der Waals surface area contributed by atoms with E-state index in [1.165, 1.54) is 28.6 Å². The number of hydrogen-bond donors (Lipinski definition) is 1. The van der Waals surface area contributed by atoms with E-state index in [0.717, 1.165) is 23.1 Å². The van der Waals surface area contributed by atoms with Crippen LogP contribution >= 0.6 is 23.1 Å². The van der Waals surface area contributed by atoms with Crippen LogP contribution in [0.2, 0.25) is 0 Å². The summed E-state index contributed by atoms with van der Waals surface area (Å²) in [4.78, 5) is 23.7. The number of aromatic nitrogens is 2. The lowest BCUT2D eigenvalue weighted by Gasteiger charge is -2.18. The summed E-state index contributed by atoms with van der Waals surface area (Å²) in [5.41, 5.74) is 8.30. The SMILES string of the molecule is C[C@H]1CCc2sc3nc(SCC(=O)c4ccccc4)nc(N)c3c2C1. The minimum atomic E-state index is 0.0761. The van der Waals surface area contributed by atoms with Crippen molar-refractivity contribution in [1.82, 2.24) is 9.97 Å². The molecule has 0 amide bonds. The normalized spacial score (nSPS) is 16.8. The number of thiophene rings is 1. The van der Waals surface area contributed by atoms with E-state index in [0.29, 0.717) is 28.2 Å². The molecule has 25 heavy (non-hydrogen) atoms. The Morgan fingerprint density at radius 2 is 2.12 bits per heavy atom. The van der Waals surface area contributed by atoms with Crippen molar-refractivity contribution in [2.45, 2.75) is 31.3 Å². The summed E-state index contributed by atoms with van der Waals surface area (Å²) in [6.07, 6.45) is 3.38. The van der Waals surface area contributed by atoms with Gasteiger partial charge in [0, 0.05) is 10.4 Å². The second-order valence-electron chi connectivity index (χ2n) is 6.50. The third-order valence-corrected chi connectivity index (χ3v) is 6.62. The molecule has 0 saturated carbocycles. The van der Waals surface area contributed by atoms with Crippen molar-refractivity contribution in [1.29, 1.82) is 0 Å². The van der Waals surface area contributed by atoms with Gasteiger partial charge < -0.3 is 5.73 Å². The molecule has 2 aromatic heterocycles. The molecule has 2 N–H and O–H groups in total. The Labute approximate surface area is 154 Å². The lowest BCUT2D eigenvalue weighted by Crippen LogP contribution is -2.09. The van der Waals surface area contributed by atoms with Crippen LogP contribution in [-0.2, 0) is 12.8 Å². The van der Waals surface area contributed by atoms with Gasteiger partial charge in [-0.25, -0.2) is 9.97 Å². The van der Waals surface area contributed by atoms with Gasteiger partial charge >= 0.3 is 0 Å². The summed E-state index contributed by atoms with van der Waals surface area (Å²) in [5.74, 6) is 1.62. The molecule has 1 atom stereocenters. The number of nitrogens with zero attached hydrogens (tertiary/aromatic N) is 2. The van der Waals surface area contributed by atoms with Gasteiger partial charge in [0.15, 0.2) is 10.9 Å².